The Hall–Kier alpha value is -3.69. The summed E-state index contributed by atoms with van der Waals surface area (Å²) >= 11 is 0. The Morgan fingerprint density at radius 1 is 1.23 bits per heavy atom. The number of nitrogens with one attached hydrogen (secondary N) is 1. The van der Waals surface area contributed by atoms with Gasteiger partial charge in [-0.25, -0.2) is 9.37 Å². The maximum absolute atomic E-state index is 13.3. The zero-order valence-corrected chi connectivity index (χ0v) is 16.7. The Labute approximate surface area is 175 Å². The molecule has 4 aliphatic rings. The van der Waals surface area contributed by atoms with Crippen molar-refractivity contribution in [2.24, 2.45) is 11.3 Å². The minimum absolute atomic E-state index is 0.0431. The van der Waals surface area contributed by atoms with E-state index in [0.29, 0.717) is 5.82 Å². The predicted octanol–water partition coefficient (Wildman–Crippen LogP) is 1.47. The minimum Gasteiger partial charge on any atom is -0.417 e. The number of rotatable bonds is 4. The molecule has 4 unspecified atom stereocenters. The number of carbonyl (C=O) groups excluding carboxylic acids is 2. The first kappa shape index (κ1) is 18.1. The van der Waals surface area contributed by atoms with E-state index in [2.05, 4.69) is 25.5 Å². The second kappa shape index (κ2) is 5.71. The highest BCUT2D eigenvalue weighted by molar-refractivity contribution is 6.11. The SMILES string of the molecule is CN1C(=O)C2(NC(=O)c3nnc(Cc4ccc(F)cc4)o3)C3C(c4nccnc41)C32C. The average Bonchev–Trinajstić information content (AvgIpc) is 3.46. The van der Waals surface area contributed by atoms with Gasteiger partial charge >= 0.3 is 11.8 Å². The molecule has 10 heteroatoms. The highest BCUT2D eigenvalue weighted by Crippen LogP contribution is 2.91. The summed E-state index contributed by atoms with van der Waals surface area (Å²) in [5.41, 5.74) is 0.115. The molecule has 4 atom stereocenters. The van der Waals surface area contributed by atoms with Gasteiger partial charge in [0.15, 0.2) is 5.82 Å². The summed E-state index contributed by atoms with van der Waals surface area (Å²) in [5.74, 6) is -0.599. The maximum Gasteiger partial charge on any atom is 0.309 e. The van der Waals surface area contributed by atoms with E-state index in [1.54, 1.807) is 31.6 Å². The molecule has 2 aliphatic carbocycles. The normalized spacial score (nSPS) is 29.6. The van der Waals surface area contributed by atoms with Crippen molar-refractivity contribution in [1.82, 2.24) is 25.5 Å². The topological polar surface area (TPSA) is 114 Å². The van der Waals surface area contributed by atoms with Crippen LogP contribution in [0.4, 0.5) is 10.2 Å². The van der Waals surface area contributed by atoms with Crippen molar-refractivity contribution in [2.45, 2.75) is 24.8 Å². The fourth-order valence-corrected chi connectivity index (χ4v) is 5.27. The first-order chi connectivity index (χ1) is 14.9. The van der Waals surface area contributed by atoms with Crippen LogP contribution < -0.4 is 10.2 Å². The van der Waals surface area contributed by atoms with Crippen LogP contribution >= 0.6 is 0 Å². The summed E-state index contributed by atoms with van der Waals surface area (Å²) in [6.07, 6.45) is 3.43. The lowest BCUT2D eigenvalue weighted by molar-refractivity contribution is -0.123. The Morgan fingerprint density at radius 2 is 1.94 bits per heavy atom. The molecule has 1 N–H and O–H groups in total. The fourth-order valence-electron chi connectivity index (χ4n) is 5.27. The van der Waals surface area contributed by atoms with Gasteiger partial charge in [0.05, 0.1) is 12.1 Å². The molecule has 31 heavy (non-hydrogen) atoms. The lowest BCUT2D eigenvalue weighted by Crippen LogP contribution is -2.56. The second-order valence-electron chi connectivity index (χ2n) is 8.43. The number of hydrogen-bond donors (Lipinski definition) is 1. The number of nitrogens with zero attached hydrogens (tertiary/aromatic N) is 5. The van der Waals surface area contributed by atoms with E-state index in [1.165, 1.54) is 17.0 Å². The number of amides is 2. The number of likely N-dealkylation sites (N-methyl/N-ethyl adjacent to an activating group) is 1. The number of carbonyl (C=O) groups is 2. The number of anilines is 1. The number of fused-ring (bicyclic) bond motifs is 1. The van der Waals surface area contributed by atoms with Crippen molar-refractivity contribution in [3.05, 3.63) is 65.5 Å². The lowest BCUT2D eigenvalue weighted by atomic mass is 9.88. The summed E-state index contributed by atoms with van der Waals surface area (Å²) in [6.45, 7) is 1.98. The summed E-state index contributed by atoms with van der Waals surface area (Å²) in [7, 11) is 1.64. The standard InChI is InChI=1S/C21H17FN6O3/c1-20-13-14-16(24-8-7-23-14)28(2)19(30)21(20,15(13)20)25-17(29)18-27-26-12(31-18)9-10-3-5-11(22)6-4-10/h3-8,13,15H,9H2,1-2H3,(H,25,29). The van der Waals surface area contributed by atoms with Crippen LogP contribution in [0, 0.1) is 17.2 Å². The molecular formula is C21H17FN6O3. The molecule has 2 amide bonds. The van der Waals surface area contributed by atoms with Crippen molar-refractivity contribution < 1.29 is 18.4 Å². The van der Waals surface area contributed by atoms with Crippen molar-refractivity contribution in [3.8, 4) is 0 Å². The van der Waals surface area contributed by atoms with Crippen LogP contribution in [-0.2, 0) is 11.2 Å². The Morgan fingerprint density at radius 3 is 2.68 bits per heavy atom. The van der Waals surface area contributed by atoms with Crippen LogP contribution in [0.25, 0.3) is 0 Å². The number of halogens is 1. The molecule has 0 radical (unpaired) electrons. The molecule has 2 bridgehead atoms. The smallest absolute Gasteiger partial charge is 0.309 e. The summed E-state index contributed by atoms with van der Waals surface area (Å²) in [6, 6.07) is 5.89. The maximum atomic E-state index is 13.3. The van der Waals surface area contributed by atoms with Gasteiger partial charge in [-0.3, -0.25) is 19.5 Å². The van der Waals surface area contributed by atoms with E-state index in [1.807, 2.05) is 6.92 Å². The van der Waals surface area contributed by atoms with Crippen LogP contribution in [0.5, 0.6) is 0 Å². The molecule has 156 valence electrons. The van der Waals surface area contributed by atoms with Crippen LogP contribution in [-0.4, -0.2) is 44.6 Å². The van der Waals surface area contributed by atoms with E-state index in [4.69, 9.17) is 4.42 Å². The molecule has 1 aromatic carbocycles. The Kier molecular flexibility index (Phi) is 3.34. The first-order valence-electron chi connectivity index (χ1n) is 9.86. The third-order valence-electron chi connectivity index (χ3n) is 6.95. The zero-order chi connectivity index (χ0) is 21.5. The van der Waals surface area contributed by atoms with Crippen LogP contribution in [0.15, 0.2) is 41.1 Å². The van der Waals surface area contributed by atoms with E-state index >= 15 is 0 Å². The highest BCUT2D eigenvalue weighted by Gasteiger charge is 2.98. The molecule has 2 saturated carbocycles. The number of benzene rings is 1. The summed E-state index contributed by atoms with van der Waals surface area (Å²) < 4.78 is 18.6. The monoisotopic (exact) mass is 420 g/mol. The minimum atomic E-state index is -1.03. The Bertz CT molecular complexity index is 1260. The van der Waals surface area contributed by atoms with Crippen LogP contribution in [0.2, 0.25) is 0 Å². The van der Waals surface area contributed by atoms with Gasteiger partial charge in [-0.15, -0.1) is 10.2 Å². The van der Waals surface area contributed by atoms with E-state index in [0.717, 1.165) is 11.3 Å². The molecule has 0 saturated heterocycles. The number of aromatic nitrogens is 4. The van der Waals surface area contributed by atoms with Gasteiger partial charge in [-0.1, -0.05) is 19.1 Å². The van der Waals surface area contributed by atoms with Gasteiger partial charge in [0, 0.05) is 36.7 Å². The number of hydrogen-bond acceptors (Lipinski definition) is 7. The molecule has 4 heterocycles. The van der Waals surface area contributed by atoms with Gasteiger partial charge in [0.2, 0.25) is 5.89 Å². The molecular weight excluding hydrogens is 403 g/mol. The molecule has 0 spiro atoms. The zero-order valence-electron chi connectivity index (χ0n) is 16.7. The molecule has 9 nitrogen and oxygen atoms in total. The Balaban J connectivity index is 1.24. The van der Waals surface area contributed by atoms with Crippen LogP contribution in [0.3, 0.4) is 0 Å². The molecule has 7 rings (SSSR count). The molecule has 3 aromatic rings. The average molecular weight is 420 g/mol. The van der Waals surface area contributed by atoms with Gasteiger partial charge in [0.1, 0.15) is 11.4 Å². The highest BCUT2D eigenvalue weighted by atomic mass is 19.1. The van der Waals surface area contributed by atoms with Crippen molar-refractivity contribution >= 4 is 17.6 Å². The lowest BCUT2D eigenvalue weighted by Gasteiger charge is -2.28. The van der Waals surface area contributed by atoms with E-state index in [-0.39, 0.29) is 41.8 Å². The van der Waals surface area contributed by atoms with Crippen molar-refractivity contribution in [1.29, 1.82) is 0 Å². The summed E-state index contributed by atoms with van der Waals surface area (Å²) in [5, 5.41) is 10.6. The summed E-state index contributed by atoms with van der Waals surface area (Å²) in [4.78, 5) is 36.4. The second-order valence-corrected chi connectivity index (χ2v) is 8.43. The van der Waals surface area contributed by atoms with E-state index < -0.39 is 16.9 Å². The van der Waals surface area contributed by atoms with Gasteiger partial charge in [-0.2, -0.15) is 0 Å². The largest absolute Gasteiger partial charge is 0.417 e. The third-order valence-corrected chi connectivity index (χ3v) is 6.95. The predicted molar refractivity (Wildman–Crippen MR) is 103 cm³/mol. The van der Waals surface area contributed by atoms with Crippen molar-refractivity contribution in [2.75, 3.05) is 11.9 Å². The molecule has 2 aliphatic heterocycles. The fraction of sp³-hybridized carbons (Fsp3) is 0.333. The third kappa shape index (κ3) is 2.19. The van der Waals surface area contributed by atoms with Crippen molar-refractivity contribution in [3.63, 3.8) is 0 Å². The van der Waals surface area contributed by atoms with Gasteiger partial charge < -0.3 is 9.73 Å². The van der Waals surface area contributed by atoms with Crippen LogP contribution in [0.1, 0.15) is 40.7 Å². The molecule has 2 aromatic heterocycles. The quantitative estimate of drug-likeness (QED) is 0.680. The molecule has 2 fully saturated rings. The first-order valence-corrected chi connectivity index (χ1v) is 9.86. The van der Waals surface area contributed by atoms with Gasteiger partial charge in [0.25, 0.3) is 5.91 Å². The van der Waals surface area contributed by atoms with Gasteiger partial charge in [-0.05, 0) is 17.7 Å². The van der Waals surface area contributed by atoms with E-state index in [9.17, 15) is 14.0 Å².